The molecule has 0 N–H and O–H groups in total. The zero-order valence-corrected chi connectivity index (χ0v) is 20.8. The highest BCUT2D eigenvalue weighted by Gasteiger charge is 2.21. The van der Waals surface area contributed by atoms with E-state index >= 15 is 0 Å². The van der Waals surface area contributed by atoms with Crippen molar-refractivity contribution in [3.8, 4) is 23.3 Å². The second kappa shape index (κ2) is 14.7. The van der Waals surface area contributed by atoms with E-state index in [0.717, 1.165) is 48.2 Å². The van der Waals surface area contributed by atoms with E-state index < -0.39 is 0 Å². The van der Waals surface area contributed by atoms with Crippen molar-refractivity contribution < 1.29 is 9.47 Å². The van der Waals surface area contributed by atoms with Gasteiger partial charge in [-0.3, -0.25) is 0 Å². The van der Waals surface area contributed by atoms with Gasteiger partial charge in [0, 0.05) is 11.1 Å². The molecule has 2 nitrogen and oxygen atoms in total. The molecule has 1 aliphatic carbocycles. The van der Waals surface area contributed by atoms with Gasteiger partial charge in [-0.1, -0.05) is 77.1 Å². The largest absolute Gasteiger partial charge is 0.494 e. The Kier molecular flexibility index (Phi) is 11.2. The Morgan fingerprint density at radius 1 is 0.636 bits per heavy atom. The zero-order chi connectivity index (χ0) is 23.1. The number of ether oxygens (including phenoxy) is 2. The Balaban J connectivity index is 1.38. The summed E-state index contributed by atoms with van der Waals surface area (Å²) >= 11 is 0. The number of unbranched alkanes of at least 4 members (excludes halogenated alkanes) is 4. The molecule has 1 saturated carbocycles. The fraction of sp³-hybridized carbons (Fsp3) is 0.548. The van der Waals surface area contributed by atoms with Crippen LogP contribution in [0.15, 0.2) is 48.5 Å². The zero-order valence-electron chi connectivity index (χ0n) is 20.8. The van der Waals surface area contributed by atoms with Gasteiger partial charge < -0.3 is 9.47 Å². The summed E-state index contributed by atoms with van der Waals surface area (Å²) in [7, 11) is 0. The van der Waals surface area contributed by atoms with E-state index in [9.17, 15) is 0 Å². The van der Waals surface area contributed by atoms with Gasteiger partial charge in [-0.15, -0.1) is 0 Å². The van der Waals surface area contributed by atoms with Gasteiger partial charge in [0.05, 0.1) is 13.2 Å². The monoisotopic (exact) mass is 446 g/mol. The molecule has 2 heteroatoms. The van der Waals surface area contributed by atoms with Crippen molar-refractivity contribution in [1.29, 1.82) is 0 Å². The molecule has 0 bridgehead atoms. The van der Waals surface area contributed by atoms with E-state index in [-0.39, 0.29) is 0 Å². The normalized spacial score (nSPS) is 17.8. The van der Waals surface area contributed by atoms with Crippen LogP contribution in [0, 0.1) is 23.7 Å². The second-order valence-electron chi connectivity index (χ2n) is 9.55. The molecule has 0 unspecified atom stereocenters. The molecule has 1 aliphatic rings. The summed E-state index contributed by atoms with van der Waals surface area (Å²) in [6, 6.07) is 16.3. The smallest absolute Gasteiger partial charge is 0.119 e. The van der Waals surface area contributed by atoms with Gasteiger partial charge in [0.1, 0.15) is 11.5 Å². The minimum absolute atomic E-state index is 0.713. The van der Waals surface area contributed by atoms with Crippen molar-refractivity contribution in [3.05, 3.63) is 59.7 Å². The molecule has 0 heterocycles. The lowest BCUT2D eigenvalue weighted by Gasteiger charge is -2.28. The third-order valence-electron chi connectivity index (χ3n) is 6.74. The van der Waals surface area contributed by atoms with Crippen LogP contribution >= 0.6 is 0 Å². The average Bonchev–Trinajstić information content (AvgIpc) is 2.86. The van der Waals surface area contributed by atoms with Gasteiger partial charge in [0.25, 0.3) is 0 Å². The van der Waals surface area contributed by atoms with Crippen LogP contribution in [-0.4, -0.2) is 13.2 Å². The molecule has 2 aromatic carbocycles. The molecular formula is C31H42O2. The molecule has 0 spiro atoms. The standard InChI is InChI=1S/C31H42O2/c1-3-5-7-9-26-12-14-29(15-13-26)25-33-31-22-18-28(19-23-31)11-10-27-16-20-30(21-17-27)32-24-8-6-4-2/h16-23,26,29H,3-9,12-15,24-25H2,1-2H3/t26-,29-. The van der Waals surface area contributed by atoms with E-state index in [1.807, 2.05) is 36.4 Å². The highest BCUT2D eigenvalue weighted by molar-refractivity contribution is 5.45. The third-order valence-corrected chi connectivity index (χ3v) is 6.74. The van der Waals surface area contributed by atoms with Crippen LogP contribution in [-0.2, 0) is 0 Å². The quantitative estimate of drug-likeness (QED) is 0.241. The van der Waals surface area contributed by atoms with Gasteiger partial charge in [0.2, 0.25) is 0 Å². The first-order valence-corrected chi connectivity index (χ1v) is 13.2. The minimum Gasteiger partial charge on any atom is -0.494 e. The summed E-state index contributed by atoms with van der Waals surface area (Å²) in [5, 5.41) is 0. The van der Waals surface area contributed by atoms with Crippen molar-refractivity contribution in [1.82, 2.24) is 0 Å². The van der Waals surface area contributed by atoms with Crippen LogP contribution in [0.2, 0.25) is 0 Å². The number of benzene rings is 2. The van der Waals surface area contributed by atoms with Crippen molar-refractivity contribution in [2.24, 2.45) is 11.8 Å². The number of rotatable bonds is 12. The molecule has 0 amide bonds. The first-order chi connectivity index (χ1) is 16.3. The fourth-order valence-corrected chi connectivity index (χ4v) is 4.54. The summed E-state index contributed by atoms with van der Waals surface area (Å²) < 4.78 is 11.9. The summed E-state index contributed by atoms with van der Waals surface area (Å²) in [5.41, 5.74) is 2.01. The van der Waals surface area contributed by atoms with Crippen molar-refractivity contribution >= 4 is 0 Å². The van der Waals surface area contributed by atoms with Crippen LogP contribution in [0.25, 0.3) is 0 Å². The van der Waals surface area contributed by atoms with Gasteiger partial charge in [-0.2, -0.15) is 0 Å². The van der Waals surface area contributed by atoms with Gasteiger partial charge in [-0.05, 0) is 79.6 Å². The lowest BCUT2D eigenvalue weighted by Crippen LogP contribution is -2.20. The lowest BCUT2D eigenvalue weighted by molar-refractivity contribution is 0.177. The predicted molar refractivity (Wildman–Crippen MR) is 139 cm³/mol. The SMILES string of the molecule is CCCCCOc1ccc(C#Cc2ccc(OC[C@H]3CC[C@H](CCCCC)CC3)cc2)cc1. The molecule has 3 rings (SSSR count). The fourth-order valence-electron chi connectivity index (χ4n) is 4.54. The molecular weight excluding hydrogens is 404 g/mol. The summed E-state index contributed by atoms with van der Waals surface area (Å²) in [4.78, 5) is 0. The van der Waals surface area contributed by atoms with Crippen molar-refractivity contribution in [2.45, 2.75) is 84.5 Å². The Morgan fingerprint density at radius 2 is 1.15 bits per heavy atom. The van der Waals surface area contributed by atoms with E-state index in [4.69, 9.17) is 9.47 Å². The number of hydrogen-bond donors (Lipinski definition) is 0. The summed E-state index contributed by atoms with van der Waals surface area (Å²) in [6.45, 7) is 6.13. The van der Waals surface area contributed by atoms with Gasteiger partial charge in [-0.25, -0.2) is 0 Å². The molecule has 0 aliphatic heterocycles. The van der Waals surface area contributed by atoms with Crippen LogP contribution in [0.4, 0.5) is 0 Å². The molecule has 1 fully saturated rings. The summed E-state index contributed by atoms with van der Waals surface area (Å²) in [6.07, 6.45) is 14.5. The van der Waals surface area contributed by atoms with Gasteiger partial charge >= 0.3 is 0 Å². The van der Waals surface area contributed by atoms with E-state index in [1.54, 1.807) is 0 Å². The summed E-state index contributed by atoms with van der Waals surface area (Å²) in [5.74, 6) is 10.0. The molecule has 0 aromatic heterocycles. The van der Waals surface area contributed by atoms with Gasteiger partial charge in [0.15, 0.2) is 0 Å². The van der Waals surface area contributed by atoms with Crippen LogP contribution < -0.4 is 9.47 Å². The topological polar surface area (TPSA) is 18.5 Å². The highest BCUT2D eigenvalue weighted by Crippen LogP contribution is 2.32. The first kappa shape index (κ1) is 25.2. The first-order valence-electron chi connectivity index (χ1n) is 13.2. The Bertz CT molecular complexity index is 833. The number of hydrogen-bond acceptors (Lipinski definition) is 2. The van der Waals surface area contributed by atoms with Crippen LogP contribution in [0.1, 0.15) is 95.6 Å². The molecule has 0 saturated heterocycles. The maximum Gasteiger partial charge on any atom is 0.119 e. The third kappa shape index (κ3) is 9.55. The van der Waals surface area contributed by atoms with E-state index in [1.165, 1.54) is 64.2 Å². The molecule has 0 radical (unpaired) electrons. The molecule has 0 atom stereocenters. The second-order valence-corrected chi connectivity index (χ2v) is 9.55. The van der Waals surface area contributed by atoms with Crippen molar-refractivity contribution in [3.63, 3.8) is 0 Å². The molecule has 178 valence electrons. The minimum atomic E-state index is 0.713. The average molecular weight is 447 g/mol. The molecule has 33 heavy (non-hydrogen) atoms. The maximum absolute atomic E-state index is 6.10. The Hall–Kier alpha value is -2.40. The Labute approximate surface area is 202 Å². The van der Waals surface area contributed by atoms with E-state index in [2.05, 4.69) is 37.8 Å². The van der Waals surface area contributed by atoms with E-state index in [0.29, 0.717) is 5.92 Å². The highest BCUT2D eigenvalue weighted by atomic mass is 16.5. The lowest BCUT2D eigenvalue weighted by atomic mass is 9.80. The molecule has 2 aromatic rings. The van der Waals surface area contributed by atoms with Crippen LogP contribution in [0.3, 0.4) is 0 Å². The predicted octanol–water partition coefficient (Wildman–Crippen LogP) is 8.42. The van der Waals surface area contributed by atoms with Crippen LogP contribution in [0.5, 0.6) is 11.5 Å². The maximum atomic E-state index is 6.10. The van der Waals surface area contributed by atoms with Crippen molar-refractivity contribution in [2.75, 3.05) is 13.2 Å². The Morgan fingerprint density at radius 3 is 1.73 bits per heavy atom.